The molecule has 0 radical (unpaired) electrons. The fourth-order valence-corrected chi connectivity index (χ4v) is 6.12. The second kappa shape index (κ2) is 11.1. The summed E-state index contributed by atoms with van der Waals surface area (Å²) in [6.07, 6.45) is -0.967. The number of alkyl halides is 3. The van der Waals surface area contributed by atoms with Crippen LogP contribution in [0.3, 0.4) is 0 Å². The number of para-hydroxylation sites is 1. The number of hydrogen-bond acceptors (Lipinski definition) is 9. The minimum Gasteiger partial charge on any atom is -0.457 e. The van der Waals surface area contributed by atoms with Crippen molar-refractivity contribution >= 4 is 28.6 Å². The highest BCUT2D eigenvalue weighted by Gasteiger charge is 2.43. The Morgan fingerprint density at radius 1 is 1.07 bits per heavy atom. The number of nitrogens with one attached hydrogen (secondary N) is 1. The third-order valence-corrected chi connectivity index (χ3v) is 8.20. The molecule has 0 spiro atoms. The first-order valence-electron chi connectivity index (χ1n) is 13.0. The summed E-state index contributed by atoms with van der Waals surface area (Å²) in [4.78, 5) is 21.6. The number of halogens is 3. The molecule has 13 heteroatoms. The second-order valence-corrected chi connectivity index (χ2v) is 10.7. The predicted molar refractivity (Wildman–Crippen MR) is 149 cm³/mol. The highest BCUT2D eigenvalue weighted by atomic mass is 32.1. The summed E-state index contributed by atoms with van der Waals surface area (Å²) in [5, 5.41) is 12.4. The van der Waals surface area contributed by atoms with Crippen molar-refractivity contribution in [1.82, 2.24) is 20.1 Å². The minimum absolute atomic E-state index is 0.0166. The molecule has 6 rings (SSSR count). The standard InChI is InChI=1S/C28H26F3N7O2S/c29-28(30,31)24-23(40-18-4-2-1-3-5-18)7-6-20(25(24)38-13-12-37-11-9-19(32)22(37)15-38)35-26(39)21-16-41-27(36-21)17-8-10-33-34-14-17/h1-8,10,14,16,19,22H,9,11-13,15,32H2,(H,35,39)/t19-,22-/m0/s1. The van der Waals surface area contributed by atoms with Crippen molar-refractivity contribution < 1.29 is 22.7 Å². The highest BCUT2D eigenvalue weighted by molar-refractivity contribution is 7.13. The van der Waals surface area contributed by atoms with Crippen molar-refractivity contribution in [3.8, 4) is 22.1 Å². The molecule has 2 atom stereocenters. The zero-order valence-corrected chi connectivity index (χ0v) is 22.5. The Bertz CT molecular complexity index is 1530. The summed E-state index contributed by atoms with van der Waals surface area (Å²) in [5.74, 6) is -0.711. The molecule has 0 aliphatic carbocycles. The van der Waals surface area contributed by atoms with Crippen LogP contribution in [0.25, 0.3) is 10.6 Å². The van der Waals surface area contributed by atoms with Crippen LogP contribution in [-0.4, -0.2) is 64.3 Å². The molecule has 41 heavy (non-hydrogen) atoms. The molecule has 2 aromatic carbocycles. The number of nitrogens with zero attached hydrogens (tertiary/aromatic N) is 5. The number of piperazine rings is 1. The van der Waals surface area contributed by atoms with Gasteiger partial charge in [0, 0.05) is 49.2 Å². The van der Waals surface area contributed by atoms with Crippen molar-refractivity contribution in [1.29, 1.82) is 0 Å². The van der Waals surface area contributed by atoms with Gasteiger partial charge < -0.3 is 20.7 Å². The van der Waals surface area contributed by atoms with Gasteiger partial charge in [-0.1, -0.05) is 18.2 Å². The number of fused-ring (bicyclic) bond motifs is 1. The Morgan fingerprint density at radius 2 is 1.90 bits per heavy atom. The van der Waals surface area contributed by atoms with E-state index < -0.39 is 17.6 Å². The number of carbonyl (C=O) groups excluding carboxylic acids is 1. The molecule has 2 fully saturated rings. The lowest BCUT2D eigenvalue weighted by atomic mass is 10.0. The average molecular weight is 582 g/mol. The number of thiazole rings is 1. The van der Waals surface area contributed by atoms with Crippen LogP contribution in [0.1, 0.15) is 22.5 Å². The van der Waals surface area contributed by atoms with Gasteiger partial charge in [-0.25, -0.2) is 4.98 Å². The highest BCUT2D eigenvalue weighted by Crippen LogP contribution is 2.48. The number of aromatic nitrogens is 3. The van der Waals surface area contributed by atoms with E-state index in [-0.39, 0.29) is 47.2 Å². The summed E-state index contributed by atoms with van der Waals surface area (Å²) in [6.45, 7) is 1.99. The predicted octanol–water partition coefficient (Wildman–Crippen LogP) is 4.89. The summed E-state index contributed by atoms with van der Waals surface area (Å²) in [6, 6.07) is 12.4. The maximum atomic E-state index is 14.9. The van der Waals surface area contributed by atoms with Gasteiger partial charge in [-0.3, -0.25) is 9.69 Å². The lowest BCUT2D eigenvalue weighted by molar-refractivity contribution is -0.138. The van der Waals surface area contributed by atoms with Crippen molar-refractivity contribution in [3.63, 3.8) is 0 Å². The summed E-state index contributed by atoms with van der Waals surface area (Å²) >= 11 is 1.23. The molecule has 2 aliphatic heterocycles. The first-order valence-corrected chi connectivity index (χ1v) is 13.9. The fourth-order valence-electron chi connectivity index (χ4n) is 5.33. The van der Waals surface area contributed by atoms with Crippen molar-refractivity contribution in [2.75, 3.05) is 36.4 Å². The molecule has 3 N–H and O–H groups in total. The smallest absolute Gasteiger partial charge is 0.422 e. The third-order valence-electron chi connectivity index (χ3n) is 7.30. The van der Waals surface area contributed by atoms with Gasteiger partial charge >= 0.3 is 6.18 Å². The van der Waals surface area contributed by atoms with Gasteiger partial charge in [-0.2, -0.15) is 23.4 Å². The topological polar surface area (TPSA) is 110 Å². The maximum absolute atomic E-state index is 14.9. The molecule has 0 saturated carbocycles. The van der Waals surface area contributed by atoms with Crippen LogP contribution >= 0.6 is 11.3 Å². The van der Waals surface area contributed by atoms with Crippen LogP contribution < -0.4 is 20.7 Å². The van der Waals surface area contributed by atoms with Crippen LogP contribution in [0.15, 0.2) is 66.3 Å². The number of anilines is 2. The zero-order chi connectivity index (χ0) is 28.6. The first-order chi connectivity index (χ1) is 19.8. The molecule has 0 unspecified atom stereocenters. The van der Waals surface area contributed by atoms with Crippen LogP contribution in [0.5, 0.6) is 11.5 Å². The summed E-state index contributed by atoms with van der Waals surface area (Å²) in [7, 11) is 0. The number of rotatable bonds is 6. The molecule has 9 nitrogen and oxygen atoms in total. The van der Waals surface area contributed by atoms with E-state index in [2.05, 4.69) is 25.4 Å². The molecule has 212 valence electrons. The molecule has 0 bridgehead atoms. The van der Waals surface area contributed by atoms with E-state index in [1.807, 2.05) is 0 Å². The molecule has 4 aromatic rings. The first kappa shape index (κ1) is 27.1. The Morgan fingerprint density at radius 3 is 2.66 bits per heavy atom. The van der Waals surface area contributed by atoms with Gasteiger partial charge in [0.05, 0.1) is 23.8 Å². The number of carbonyl (C=O) groups is 1. The number of amides is 1. The quantitative estimate of drug-likeness (QED) is 0.332. The maximum Gasteiger partial charge on any atom is 0.422 e. The lowest BCUT2D eigenvalue weighted by Crippen LogP contribution is -2.55. The van der Waals surface area contributed by atoms with Gasteiger partial charge in [-0.15, -0.1) is 11.3 Å². The van der Waals surface area contributed by atoms with Crippen molar-refractivity contribution in [2.45, 2.75) is 24.7 Å². The Balaban J connectivity index is 1.39. The van der Waals surface area contributed by atoms with Crippen LogP contribution in [0.2, 0.25) is 0 Å². The van der Waals surface area contributed by atoms with Crippen LogP contribution in [0, 0.1) is 0 Å². The van der Waals surface area contributed by atoms with Crippen LogP contribution in [-0.2, 0) is 6.18 Å². The molecular formula is C28H26F3N7O2S. The van der Waals surface area contributed by atoms with E-state index in [9.17, 15) is 18.0 Å². The van der Waals surface area contributed by atoms with Gasteiger partial charge in [-0.05, 0) is 36.8 Å². The normalized spacial score (nSPS) is 19.2. The van der Waals surface area contributed by atoms with Crippen LogP contribution in [0.4, 0.5) is 24.5 Å². The van der Waals surface area contributed by atoms with Gasteiger partial charge in [0.2, 0.25) is 0 Å². The largest absolute Gasteiger partial charge is 0.457 e. The van der Waals surface area contributed by atoms with E-state index in [0.29, 0.717) is 23.7 Å². The fraction of sp³-hybridized carbons (Fsp3) is 0.286. The molecule has 2 saturated heterocycles. The average Bonchev–Trinajstić information content (AvgIpc) is 3.61. The SMILES string of the molecule is N[C@H]1CCN2CCN(c3c(NC(=O)c4csc(-c5ccnnc5)n4)ccc(Oc4ccccc4)c3C(F)(F)F)C[C@@H]12. The minimum atomic E-state index is -4.78. The van der Waals surface area contributed by atoms with E-state index in [0.717, 1.165) is 13.0 Å². The summed E-state index contributed by atoms with van der Waals surface area (Å²) < 4.78 is 50.4. The molecule has 2 aliphatic rings. The lowest BCUT2D eigenvalue weighted by Gasteiger charge is -2.41. The molecule has 4 heterocycles. The summed E-state index contributed by atoms with van der Waals surface area (Å²) in [5.41, 5.74) is 6.00. The van der Waals surface area contributed by atoms with E-state index in [1.54, 1.807) is 46.7 Å². The van der Waals surface area contributed by atoms with Crippen molar-refractivity contribution in [3.05, 3.63) is 77.6 Å². The van der Waals surface area contributed by atoms with Crippen molar-refractivity contribution in [2.24, 2.45) is 5.73 Å². The monoisotopic (exact) mass is 581 g/mol. The zero-order valence-electron chi connectivity index (χ0n) is 21.7. The van der Waals surface area contributed by atoms with E-state index in [4.69, 9.17) is 10.5 Å². The number of ether oxygens (including phenoxy) is 1. The van der Waals surface area contributed by atoms with E-state index >= 15 is 0 Å². The number of hydrogen-bond donors (Lipinski definition) is 2. The third kappa shape index (κ3) is 5.60. The van der Waals surface area contributed by atoms with Gasteiger partial charge in [0.1, 0.15) is 27.8 Å². The Kier molecular flexibility index (Phi) is 7.32. The molecular weight excluding hydrogens is 555 g/mol. The van der Waals surface area contributed by atoms with E-state index in [1.165, 1.54) is 35.9 Å². The Hall–Kier alpha value is -4.07. The number of benzene rings is 2. The number of nitrogens with two attached hydrogens (primary N) is 1. The Labute approximate surface area is 237 Å². The molecule has 2 aromatic heterocycles. The van der Waals surface area contributed by atoms with Gasteiger partial charge in [0.25, 0.3) is 5.91 Å². The molecule has 1 amide bonds. The second-order valence-electron chi connectivity index (χ2n) is 9.87. The van der Waals surface area contributed by atoms with Gasteiger partial charge in [0.15, 0.2) is 0 Å².